The van der Waals surface area contributed by atoms with Crippen LogP contribution in [0.15, 0.2) is 59.8 Å². The van der Waals surface area contributed by atoms with Gasteiger partial charge in [-0.3, -0.25) is 0 Å². The zero-order valence-corrected chi connectivity index (χ0v) is 14.3. The molecular weight excluding hydrogens is 326 g/mol. The number of rotatable bonds is 2. The predicted octanol–water partition coefficient (Wildman–Crippen LogP) is 5.75. The van der Waals surface area contributed by atoms with E-state index in [0.717, 1.165) is 12.2 Å². The van der Waals surface area contributed by atoms with E-state index in [4.69, 9.17) is 16.3 Å². The van der Waals surface area contributed by atoms with Gasteiger partial charge in [0.25, 0.3) is 0 Å². The Hall–Kier alpha value is -1.84. The fourth-order valence-corrected chi connectivity index (χ4v) is 4.40. The maximum atomic E-state index is 6.18. The number of fused-ring (bicyclic) bond motifs is 3. The van der Waals surface area contributed by atoms with Crippen molar-refractivity contribution in [3.8, 4) is 5.75 Å². The van der Waals surface area contributed by atoms with Crippen LogP contribution in [-0.2, 0) is 7.05 Å². The van der Waals surface area contributed by atoms with Gasteiger partial charge >= 0.3 is 0 Å². The third kappa shape index (κ3) is 2.54. The minimum absolute atomic E-state index is 0.632. The molecule has 0 bridgehead atoms. The molecule has 4 heteroatoms. The van der Waals surface area contributed by atoms with Crippen LogP contribution in [0.5, 0.6) is 5.75 Å². The molecule has 0 radical (unpaired) electrons. The Bertz CT molecular complexity index is 913. The predicted molar refractivity (Wildman–Crippen MR) is 98.3 cm³/mol. The van der Waals surface area contributed by atoms with Crippen molar-refractivity contribution in [2.45, 2.75) is 11.4 Å². The van der Waals surface area contributed by atoms with Gasteiger partial charge < -0.3 is 9.30 Å². The van der Waals surface area contributed by atoms with Crippen LogP contribution in [-0.4, -0.2) is 10.3 Å². The van der Waals surface area contributed by atoms with Crippen molar-refractivity contribution < 1.29 is 4.74 Å². The van der Waals surface area contributed by atoms with Gasteiger partial charge in [0.05, 0.1) is 16.3 Å². The molecule has 0 atom stereocenters. The number of halogens is 1. The standard InChI is InChI=1S/C19H16ClNOS/c1-21-16-8-4-2-6-14(16)18-13(10-11-23-19(18)21)12-22-17-9-5-3-7-15(17)20/h2-9,12H,10-11H2,1H3/b13-12+. The minimum Gasteiger partial charge on any atom is -0.463 e. The Balaban J connectivity index is 1.80. The van der Waals surface area contributed by atoms with Gasteiger partial charge in [0, 0.05) is 29.3 Å². The third-order valence-electron chi connectivity index (χ3n) is 4.15. The normalized spacial score (nSPS) is 15.8. The summed E-state index contributed by atoms with van der Waals surface area (Å²) < 4.78 is 8.15. The number of aromatic nitrogens is 1. The summed E-state index contributed by atoms with van der Waals surface area (Å²) in [6.07, 6.45) is 2.86. The molecule has 0 spiro atoms. The largest absolute Gasteiger partial charge is 0.463 e. The van der Waals surface area contributed by atoms with Gasteiger partial charge in [-0.1, -0.05) is 41.9 Å². The molecular formula is C19H16ClNOS. The highest BCUT2D eigenvalue weighted by molar-refractivity contribution is 7.99. The second kappa shape index (κ2) is 5.99. The number of benzene rings is 2. The first-order valence-corrected chi connectivity index (χ1v) is 8.93. The monoisotopic (exact) mass is 341 g/mol. The zero-order valence-electron chi connectivity index (χ0n) is 12.8. The molecule has 0 amide bonds. The summed E-state index contributed by atoms with van der Waals surface area (Å²) in [7, 11) is 2.13. The first-order valence-electron chi connectivity index (χ1n) is 7.56. The maximum Gasteiger partial charge on any atom is 0.145 e. The number of hydrogen-bond donors (Lipinski definition) is 0. The van der Waals surface area contributed by atoms with E-state index in [1.54, 1.807) is 0 Å². The van der Waals surface area contributed by atoms with Crippen molar-refractivity contribution in [3.05, 3.63) is 65.4 Å². The van der Waals surface area contributed by atoms with Crippen molar-refractivity contribution in [2.24, 2.45) is 7.05 Å². The number of allylic oxidation sites excluding steroid dienone is 1. The van der Waals surface area contributed by atoms with Crippen molar-refractivity contribution >= 4 is 39.8 Å². The van der Waals surface area contributed by atoms with Crippen LogP contribution in [0.3, 0.4) is 0 Å². The SMILES string of the molecule is Cn1c2c(c3ccccc31)/C(=C/Oc1ccccc1Cl)CCS2. The Morgan fingerprint density at radius 1 is 1.13 bits per heavy atom. The lowest BCUT2D eigenvalue weighted by atomic mass is 10.0. The van der Waals surface area contributed by atoms with Crippen molar-refractivity contribution in [1.82, 2.24) is 4.57 Å². The fraction of sp³-hybridized carbons (Fsp3) is 0.158. The van der Waals surface area contributed by atoms with E-state index < -0.39 is 0 Å². The number of thioether (sulfide) groups is 1. The molecule has 0 saturated carbocycles. The molecule has 0 fully saturated rings. The van der Waals surface area contributed by atoms with E-state index in [1.807, 2.05) is 42.3 Å². The van der Waals surface area contributed by atoms with Crippen molar-refractivity contribution in [1.29, 1.82) is 0 Å². The highest BCUT2D eigenvalue weighted by Gasteiger charge is 2.22. The Morgan fingerprint density at radius 3 is 2.78 bits per heavy atom. The summed E-state index contributed by atoms with van der Waals surface area (Å²) in [5, 5.41) is 3.23. The quantitative estimate of drug-likeness (QED) is 0.551. The van der Waals surface area contributed by atoms with Crippen LogP contribution < -0.4 is 4.74 Å². The van der Waals surface area contributed by atoms with Gasteiger partial charge in [0.1, 0.15) is 5.75 Å². The molecule has 2 heterocycles. The topological polar surface area (TPSA) is 14.2 Å². The molecule has 2 aromatic carbocycles. The van der Waals surface area contributed by atoms with E-state index in [0.29, 0.717) is 10.8 Å². The van der Waals surface area contributed by atoms with Crippen LogP contribution in [0.2, 0.25) is 5.02 Å². The van der Waals surface area contributed by atoms with Crippen LogP contribution in [0, 0.1) is 0 Å². The summed E-state index contributed by atoms with van der Waals surface area (Å²) in [4.78, 5) is 0. The molecule has 0 saturated heterocycles. The zero-order chi connectivity index (χ0) is 15.8. The molecule has 0 unspecified atom stereocenters. The van der Waals surface area contributed by atoms with Gasteiger partial charge in [-0.25, -0.2) is 0 Å². The van der Waals surface area contributed by atoms with Gasteiger partial charge in [0.15, 0.2) is 0 Å². The molecule has 23 heavy (non-hydrogen) atoms. The average Bonchev–Trinajstić information content (AvgIpc) is 2.88. The highest BCUT2D eigenvalue weighted by Crippen LogP contribution is 2.43. The van der Waals surface area contributed by atoms with E-state index in [-0.39, 0.29) is 0 Å². The van der Waals surface area contributed by atoms with Crippen molar-refractivity contribution in [3.63, 3.8) is 0 Å². The van der Waals surface area contributed by atoms with Crippen LogP contribution in [0.4, 0.5) is 0 Å². The van der Waals surface area contributed by atoms with Gasteiger partial charge in [-0.15, -0.1) is 11.8 Å². The van der Waals surface area contributed by atoms with Gasteiger partial charge in [-0.2, -0.15) is 0 Å². The second-order valence-corrected chi connectivity index (χ2v) is 7.04. The van der Waals surface area contributed by atoms with Crippen LogP contribution in [0.1, 0.15) is 12.0 Å². The summed E-state index contributed by atoms with van der Waals surface area (Å²) in [6, 6.07) is 16.1. The fourth-order valence-electron chi connectivity index (χ4n) is 3.02. The molecule has 1 aliphatic heterocycles. The lowest BCUT2D eigenvalue weighted by Crippen LogP contribution is -2.01. The van der Waals surface area contributed by atoms with E-state index in [9.17, 15) is 0 Å². The number of hydrogen-bond acceptors (Lipinski definition) is 2. The molecule has 1 aromatic heterocycles. The second-order valence-electron chi connectivity index (χ2n) is 5.55. The summed E-state index contributed by atoms with van der Waals surface area (Å²) >= 11 is 8.09. The third-order valence-corrected chi connectivity index (χ3v) is 5.62. The number of aryl methyl sites for hydroxylation is 1. The first kappa shape index (κ1) is 14.7. The molecule has 2 nitrogen and oxygen atoms in total. The molecule has 0 N–H and O–H groups in total. The lowest BCUT2D eigenvalue weighted by molar-refractivity contribution is 0.482. The van der Waals surface area contributed by atoms with E-state index in [2.05, 4.69) is 35.9 Å². The molecule has 0 aliphatic carbocycles. The highest BCUT2D eigenvalue weighted by atomic mass is 35.5. The number of para-hydroxylation sites is 2. The molecule has 3 aromatic rings. The van der Waals surface area contributed by atoms with Crippen molar-refractivity contribution in [2.75, 3.05) is 5.75 Å². The van der Waals surface area contributed by atoms with Gasteiger partial charge in [-0.05, 0) is 30.2 Å². The lowest BCUT2D eigenvalue weighted by Gasteiger charge is -2.16. The van der Waals surface area contributed by atoms with Crippen LogP contribution >= 0.6 is 23.4 Å². The number of nitrogens with zero attached hydrogens (tertiary/aromatic N) is 1. The Morgan fingerprint density at radius 2 is 1.91 bits per heavy atom. The smallest absolute Gasteiger partial charge is 0.145 e. The molecule has 1 aliphatic rings. The Labute approximate surface area is 144 Å². The summed E-state index contributed by atoms with van der Waals surface area (Å²) in [6.45, 7) is 0. The first-order chi connectivity index (χ1) is 11.3. The average molecular weight is 342 g/mol. The van der Waals surface area contributed by atoms with E-state index >= 15 is 0 Å². The molecule has 116 valence electrons. The van der Waals surface area contributed by atoms with Gasteiger partial charge in [0.2, 0.25) is 0 Å². The Kier molecular flexibility index (Phi) is 3.83. The maximum absolute atomic E-state index is 6.18. The minimum atomic E-state index is 0.632. The molecule has 4 rings (SSSR count). The summed E-state index contributed by atoms with van der Waals surface area (Å²) in [5.41, 5.74) is 3.79. The summed E-state index contributed by atoms with van der Waals surface area (Å²) in [5.74, 6) is 1.76. The van der Waals surface area contributed by atoms with Crippen LogP contribution in [0.25, 0.3) is 16.5 Å². The van der Waals surface area contributed by atoms with E-state index in [1.165, 1.54) is 27.1 Å². The number of ether oxygens (including phenoxy) is 1.